The average Bonchev–Trinajstić information content (AvgIpc) is 3.46. The normalized spacial score (nSPS) is 19.4. The Morgan fingerprint density at radius 1 is 0.436 bits per heavy atom. The van der Waals surface area contributed by atoms with E-state index >= 15 is 0 Å². The number of hydrogen-bond acceptors (Lipinski definition) is 10. The molecule has 1 rings (SSSR count). The fourth-order valence-electron chi connectivity index (χ4n) is 11.3. The summed E-state index contributed by atoms with van der Waals surface area (Å²) in [4.78, 5) is 13.2. The predicted molar refractivity (Wildman–Crippen MR) is 326 cm³/mol. The summed E-state index contributed by atoms with van der Waals surface area (Å²) < 4.78 is 11.2. The molecule has 1 saturated heterocycles. The zero-order chi connectivity index (χ0) is 56.8. The second-order valence-corrected chi connectivity index (χ2v) is 24.3. The van der Waals surface area contributed by atoms with Gasteiger partial charge >= 0.3 is 0 Å². The molecule has 9 unspecified atom stereocenters. The molecule has 0 aliphatic carbocycles. The summed E-state index contributed by atoms with van der Waals surface area (Å²) in [6, 6.07) is -1.18. The smallest absolute Gasteiger partial charge is 0.249 e. The van der Waals surface area contributed by atoms with Crippen LogP contribution in [-0.4, -0.2) is 110 Å². The number of hydrogen-bond donors (Lipinski definition) is 8. The summed E-state index contributed by atoms with van der Waals surface area (Å²) in [6.07, 6.45) is 57.2. The molecular formula is C67H131NO10. The Balaban J connectivity index is 2.22. The summed E-state index contributed by atoms with van der Waals surface area (Å²) in [5.74, 6) is -0.698. The van der Waals surface area contributed by atoms with E-state index in [0.29, 0.717) is 12.8 Å². The summed E-state index contributed by atoms with van der Waals surface area (Å²) in [5, 5.41) is 76.4. The molecule has 1 aliphatic heterocycles. The molecule has 0 aromatic heterocycles. The molecule has 11 nitrogen and oxygen atoms in total. The largest absolute Gasteiger partial charge is 0.394 e. The van der Waals surface area contributed by atoms with Crippen molar-refractivity contribution in [3.8, 4) is 0 Å². The molecule has 78 heavy (non-hydrogen) atoms. The van der Waals surface area contributed by atoms with Crippen LogP contribution in [0.5, 0.6) is 0 Å². The Morgan fingerprint density at radius 3 is 1.10 bits per heavy atom. The highest BCUT2D eigenvalue weighted by Gasteiger charge is 2.44. The summed E-state index contributed by atoms with van der Waals surface area (Å²) in [7, 11) is 0. The van der Waals surface area contributed by atoms with Gasteiger partial charge in [-0.1, -0.05) is 315 Å². The lowest BCUT2D eigenvalue weighted by Gasteiger charge is -2.40. The summed E-state index contributed by atoms with van der Waals surface area (Å²) in [6.45, 7) is 3.50. The second-order valence-electron chi connectivity index (χ2n) is 24.3. The number of rotatable bonds is 60. The number of carbonyl (C=O) groups is 1. The zero-order valence-corrected chi connectivity index (χ0v) is 51.2. The van der Waals surface area contributed by atoms with Crippen molar-refractivity contribution >= 4 is 5.91 Å². The van der Waals surface area contributed by atoms with Gasteiger partial charge in [0.25, 0.3) is 0 Å². The number of aliphatic hydroxyl groups is 7. The molecule has 0 aromatic carbocycles. The van der Waals surface area contributed by atoms with Gasteiger partial charge < -0.3 is 50.5 Å². The molecule has 464 valence electrons. The van der Waals surface area contributed by atoms with E-state index in [4.69, 9.17) is 9.47 Å². The van der Waals surface area contributed by atoms with Gasteiger partial charge in [-0.2, -0.15) is 0 Å². The van der Waals surface area contributed by atoms with Crippen LogP contribution in [0.4, 0.5) is 0 Å². The minimum absolute atomic E-state index is 0.260. The minimum atomic E-state index is -1.67. The fourth-order valence-corrected chi connectivity index (χ4v) is 11.3. The molecule has 0 saturated carbocycles. The number of amides is 1. The van der Waals surface area contributed by atoms with Crippen LogP contribution in [0, 0.1) is 0 Å². The molecule has 8 N–H and O–H groups in total. The first-order valence-corrected chi connectivity index (χ1v) is 34.1. The lowest BCUT2D eigenvalue weighted by Crippen LogP contribution is -2.60. The number of aliphatic hydroxyl groups excluding tert-OH is 7. The Hall–Kier alpha value is -1.15. The Bertz CT molecular complexity index is 1270. The van der Waals surface area contributed by atoms with Crippen LogP contribution < -0.4 is 5.32 Å². The van der Waals surface area contributed by atoms with Gasteiger partial charge in [-0.25, -0.2) is 0 Å². The van der Waals surface area contributed by atoms with Crippen molar-refractivity contribution in [2.45, 2.75) is 396 Å². The Labute approximate surface area is 481 Å². The maximum atomic E-state index is 13.2. The first-order valence-electron chi connectivity index (χ1n) is 34.1. The lowest BCUT2D eigenvalue weighted by molar-refractivity contribution is -0.303. The van der Waals surface area contributed by atoms with Crippen LogP contribution in [-0.2, 0) is 14.3 Å². The van der Waals surface area contributed by atoms with Crippen LogP contribution in [0.2, 0.25) is 0 Å². The van der Waals surface area contributed by atoms with Gasteiger partial charge in [0.1, 0.15) is 36.6 Å². The zero-order valence-electron chi connectivity index (χ0n) is 51.2. The second kappa shape index (κ2) is 56.3. The first-order chi connectivity index (χ1) is 38.2. The van der Waals surface area contributed by atoms with Crippen molar-refractivity contribution < 1.29 is 50.0 Å². The van der Waals surface area contributed by atoms with Crippen molar-refractivity contribution in [3.63, 3.8) is 0 Å². The monoisotopic (exact) mass is 1110 g/mol. The highest BCUT2D eigenvalue weighted by molar-refractivity contribution is 5.80. The van der Waals surface area contributed by atoms with E-state index in [0.717, 1.165) is 32.1 Å². The average molecular weight is 1110 g/mol. The third-order valence-electron chi connectivity index (χ3n) is 16.8. The maximum absolute atomic E-state index is 13.2. The number of carbonyl (C=O) groups excluding carboxylic acids is 1. The fraction of sp³-hybridized carbons (Fsp3) is 0.955. The number of ether oxygens (including phenoxy) is 2. The summed E-state index contributed by atoms with van der Waals surface area (Å²) >= 11 is 0. The van der Waals surface area contributed by atoms with Crippen LogP contribution in [0.1, 0.15) is 341 Å². The molecule has 0 bridgehead atoms. The van der Waals surface area contributed by atoms with E-state index in [2.05, 4.69) is 31.3 Å². The van der Waals surface area contributed by atoms with Gasteiger partial charge in [-0.15, -0.1) is 0 Å². The molecule has 1 fully saturated rings. The molecule has 9 atom stereocenters. The van der Waals surface area contributed by atoms with Crippen LogP contribution in [0.25, 0.3) is 0 Å². The quantitative estimate of drug-likeness (QED) is 0.0215. The SMILES string of the molecule is CCCCCCCCCCCCCCCCCCCCCCCCCCC/C=C/CCCC(O)C(O)C(COC1OC(CO)C(O)C(O)C1O)NC(=O)C(O)CCCCCCCCCCCCCCCCCCCCCCC. The van der Waals surface area contributed by atoms with Crippen molar-refractivity contribution in [3.05, 3.63) is 12.2 Å². The van der Waals surface area contributed by atoms with Gasteiger partial charge in [0.05, 0.1) is 25.4 Å². The van der Waals surface area contributed by atoms with E-state index in [1.807, 2.05) is 0 Å². The topological polar surface area (TPSA) is 189 Å². The standard InChI is InChI=1S/C67H131NO10/c1-3-5-7-9-11-13-15-17-19-21-23-25-26-27-28-29-30-31-32-33-35-36-38-40-42-44-46-48-50-52-54-59(70)62(72)58(57-77-67-65(75)64(74)63(73)61(56-69)78-67)68-66(76)60(71)55-53-51-49-47-45-43-41-39-37-34-24-22-20-18-16-14-12-10-8-6-4-2/h46,48,58-65,67,69-75H,3-45,47,49-57H2,1-2H3,(H,68,76)/b48-46+. The maximum Gasteiger partial charge on any atom is 0.249 e. The molecule has 1 aliphatic rings. The van der Waals surface area contributed by atoms with E-state index in [1.54, 1.807) is 0 Å². The highest BCUT2D eigenvalue weighted by atomic mass is 16.7. The van der Waals surface area contributed by atoms with Crippen LogP contribution in [0.15, 0.2) is 12.2 Å². The first kappa shape index (κ1) is 74.9. The Morgan fingerprint density at radius 2 is 0.756 bits per heavy atom. The molecule has 0 aromatic rings. The predicted octanol–water partition coefficient (Wildman–Crippen LogP) is 15.9. The van der Waals surface area contributed by atoms with Crippen LogP contribution in [0.3, 0.4) is 0 Å². The molecule has 0 radical (unpaired) electrons. The third kappa shape index (κ3) is 43.5. The number of nitrogens with one attached hydrogen (secondary N) is 1. The van der Waals surface area contributed by atoms with Gasteiger partial charge in [-0.05, 0) is 38.5 Å². The van der Waals surface area contributed by atoms with E-state index < -0.39 is 74.2 Å². The number of unbranched alkanes of at least 4 members (excludes halogenated alkanes) is 46. The molecule has 1 heterocycles. The van der Waals surface area contributed by atoms with Gasteiger partial charge in [0, 0.05) is 0 Å². The van der Waals surface area contributed by atoms with Crippen molar-refractivity contribution in [2.24, 2.45) is 0 Å². The molecule has 1 amide bonds. The highest BCUT2D eigenvalue weighted by Crippen LogP contribution is 2.24. The van der Waals surface area contributed by atoms with E-state index in [1.165, 1.54) is 270 Å². The molecule has 11 heteroatoms. The van der Waals surface area contributed by atoms with Crippen molar-refractivity contribution in [1.29, 1.82) is 0 Å². The summed E-state index contributed by atoms with van der Waals surface area (Å²) in [5.41, 5.74) is 0. The van der Waals surface area contributed by atoms with Crippen molar-refractivity contribution in [2.75, 3.05) is 13.2 Å². The third-order valence-corrected chi connectivity index (χ3v) is 16.8. The molecular weight excluding hydrogens is 979 g/mol. The van der Waals surface area contributed by atoms with Gasteiger partial charge in [0.15, 0.2) is 6.29 Å². The van der Waals surface area contributed by atoms with E-state index in [-0.39, 0.29) is 12.8 Å². The van der Waals surface area contributed by atoms with E-state index in [9.17, 15) is 40.5 Å². The van der Waals surface area contributed by atoms with Crippen molar-refractivity contribution in [1.82, 2.24) is 5.32 Å². The van der Waals surface area contributed by atoms with Crippen LogP contribution >= 0.6 is 0 Å². The number of allylic oxidation sites excluding steroid dienone is 2. The minimum Gasteiger partial charge on any atom is -0.394 e. The molecule has 0 spiro atoms. The van der Waals surface area contributed by atoms with Gasteiger partial charge in [-0.3, -0.25) is 4.79 Å². The van der Waals surface area contributed by atoms with Gasteiger partial charge in [0.2, 0.25) is 5.91 Å². The lowest BCUT2D eigenvalue weighted by atomic mass is 9.98. The Kier molecular flexibility index (Phi) is 54.1.